The Labute approximate surface area is 163 Å². The van der Waals surface area contributed by atoms with Gasteiger partial charge < -0.3 is 19.7 Å². The fourth-order valence-electron chi connectivity index (χ4n) is 3.60. The highest BCUT2D eigenvalue weighted by molar-refractivity contribution is 6.06. The summed E-state index contributed by atoms with van der Waals surface area (Å²) in [5.74, 6) is -1.22. The van der Waals surface area contributed by atoms with Crippen LogP contribution in [-0.4, -0.2) is 53.0 Å². The van der Waals surface area contributed by atoms with Crippen molar-refractivity contribution in [2.45, 2.75) is 44.4 Å². The number of ketones is 2. The highest BCUT2D eigenvalue weighted by Gasteiger charge is 2.57. The molecule has 0 amide bonds. The van der Waals surface area contributed by atoms with Crippen molar-refractivity contribution in [3.8, 4) is 0 Å². The van der Waals surface area contributed by atoms with E-state index in [-0.39, 0.29) is 6.42 Å². The van der Waals surface area contributed by atoms with Gasteiger partial charge in [-0.3, -0.25) is 9.59 Å². The first kappa shape index (κ1) is 20.4. The minimum atomic E-state index is -2.09. The van der Waals surface area contributed by atoms with Crippen molar-refractivity contribution in [3.05, 3.63) is 70.8 Å². The highest BCUT2D eigenvalue weighted by Crippen LogP contribution is 2.37. The zero-order valence-corrected chi connectivity index (χ0v) is 16.1. The summed E-state index contributed by atoms with van der Waals surface area (Å²) in [4.78, 5) is 26.1. The molecule has 1 aliphatic rings. The molecule has 0 spiro atoms. The number of hydrogen-bond donors (Lipinski definition) is 2. The Morgan fingerprint density at radius 2 is 1.61 bits per heavy atom. The van der Waals surface area contributed by atoms with E-state index in [9.17, 15) is 19.8 Å². The summed E-state index contributed by atoms with van der Waals surface area (Å²) in [7, 11) is 1.38. The average Bonchev–Trinajstić information content (AvgIpc) is 3.05. The first-order valence-corrected chi connectivity index (χ1v) is 9.08. The molecule has 1 fully saturated rings. The Kier molecular flexibility index (Phi) is 5.76. The normalized spacial score (nSPS) is 25.5. The molecule has 0 aliphatic carbocycles. The van der Waals surface area contributed by atoms with Crippen LogP contribution in [0.15, 0.2) is 48.5 Å². The maximum absolute atomic E-state index is 13.2. The van der Waals surface area contributed by atoms with E-state index in [2.05, 4.69) is 0 Å². The number of rotatable bonds is 6. The van der Waals surface area contributed by atoms with Crippen LogP contribution in [0, 0.1) is 13.8 Å². The van der Waals surface area contributed by atoms with Crippen molar-refractivity contribution >= 4 is 11.6 Å². The van der Waals surface area contributed by atoms with Crippen molar-refractivity contribution in [3.63, 3.8) is 0 Å². The smallest absolute Gasteiger partial charge is 0.197 e. The van der Waals surface area contributed by atoms with Gasteiger partial charge in [-0.2, -0.15) is 0 Å². The van der Waals surface area contributed by atoms with Crippen LogP contribution in [0.1, 0.15) is 38.3 Å². The Morgan fingerprint density at radius 1 is 1.07 bits per heavy atom. The van der Waals surface area contributed by atoms with Gasteiger partial charge in [-0.25, -0.2) is 0 Å². The third-order valence-electron chi connectivity index (χ3n) is 5.26. The van der Waals surface area contributed by atoms with Gasteiger partial charge >= 0.3 is 0 Å². The number of carbonyl (C=O) groups excluding carboxylic acids is 2. The Bertz CT molecular complexity index is 892. The summed E-state index contributed by atoms with van der Waals surface area (Å²) < 4.78 is 10.7. The SMILES string of the molecule is COC1C[C@](O)(C(=O)c2ccccc2C)[C@H](C(O)C(=O)c2ccccc2C)O1. The van der Waals surface area contributed by atoms with Gasteiger partial charge in [0.25, 0.3) is 0 Å². The molecule has 2 aromatic rings. The van der Waals surface area contributed by atoms with E-state index < -0.39 is 35.7 Å². The van der Waals surface area contributed by atoms with E-state index >= 15 is 0 Å². The van der Waals surface area contributed by atoms with Gasteiger partial charge in [0, 0.05) is 24.7 Å². The fourth-order valence-corrected chi connectivity index (χ4v) is 3.60. The van der Waals surface area contributed by atoms with Gasteiger partial charge in [0.2, 0.25) is 0 Å². The number of hydrogen-bond acceptors (Lipinski definition) is 6. The van der Waals surface area contributed by atoms with E-state index in [1.54, 1.807) is 62.4 Å². The molecular weight excluding hydrogens is 360 g/mol. The van der Waals surface area contributed by atoms with Gasteiger partial charge in [0.05, 0.1) is 0 Å². The largest absolute Gasteiger partial charge is 0.382 e. The number of aliphatic hydroxyl groups excluding tert-OH is 1. The van der Waals surface area contributed by atoms with E-state index in [1.807, 2.05) is 0 Å². The van der Waals surface area contributed by atoms with Crippen LogP contribution in [0.3, 0.4) is 0 Å². The molecular formula is C22H24O6. The van der Waals surface area contributed by atoms with Crippen LogP contribution in [0.4, 0.5) is 0 Å². The maximum Gasteiger partial charge on any atom is 0.197 e. The second kappa shape index (κ2) is 7.93. The van der Waals surface area contributed by atoms with E-state index in [0.29, 0.717) is 22.3 Å². The summed E-state index contributed by atoms with van der Waals surface area (Å²) >= 11 is 0. The summed E-state index contributed by atoms with van der Waals surface area (Å²) in [5, 5.41) is 22.0. The number of aliphatic hydroxyl groups is 2. The molecule has 0 saturated carbocycles. The van der Waals surface area contributed by atoms with Crippen molar-refractivity contribution in [1.29, 1.82) is 0 Å². The first-order valence-electron chi connectivity index (χ1n) is 9.08. The van der Waals surface area contributed by atoms with Crippen LogP contribution in [0.2, 0.25) is 0 Å². The zero-order chi connectivity index (χ0) is 20.5. The van der Waals surface area contributed by atoms with Crippen molar-refractivity contribution in [2.24, 2.45) is 0 Å². The fraction of sp³-hybridized carbons (Fsp3) is 0.364. The molecule has 28 heavy (non-hydrogen) atoms. The number of aryl methyl sites for hydroxylation is 2. The van der Waals surface area contributed by atoms with Crippen molar-refractivity contribution < 1.29 is 29.3 Å². The van der Waals surface area contributed by atoms with Crippen molar-refractivity contribution in [1.82, 2.24) is 0 Å². The van der Waals surface area contributed by atoms with Crippen LogP contribution in [0.5, 0.6) is 0 Å². The number of Topliss-reactive ketones (excluding diaryl/α,β-unsaturated/α-hetero) is 2. The molecule has 148 valence electrons. The summed E-state index contributed by atoms with van der Waals surface area (Å²) in [5.41, 5.74) is -0.109. The maximum atomic E-state index is 13.2. The van der Waals surface area contributed by atoms with E-state index in [0.717, 1.165) is 0 Å². The predicted molar refractivity (Wildman–Crippen MR) is 102 cm³/mol. The summed E-state index contributed by atoms with van der Waals surface area (Å²) in [6, 6.07) is 13.6. The predicted octanol–water partition coefficient (Wildman–Crippen LogP) is 2.22. The molecule has 2 N–H and O–H groups in total. The van der Waals surface area contributed by atoms with Crippen molar-refractivity contribution in [2.75, 3.05) is 7.11 Å². The Hall–Kier alpha value is -2.38. The van der Waals surface area contributed by atoms with Gasteiger partial charge in [-0.1, -0.05) is 48.5 Å². The molecule has 0 bridgehead atoms. The van der Waals surface area contributed by atoms with Crippen LogP contribution in [-0.2, 0) is 9.47 Å². The Balaban J connectivity index is 1.98. The molecule has 0 radical (unpaired) electrons. The Morgan fingerprint density at radius 3 is 2.14 bits per heavy atom. The third kappa shape index (κ3) is 3.52. The minimum Gasteiger partial charge on any atom is -0.382 e. The molecule has 0 aromatic heterocycles. The molecule has 1 aliphatic heterocycles. The number of benzene rings is 2. The molecule has 1 saturated heterocycles. The lowest BCUT2D eigenvalue weighted by molar-refractivity contribution is -0.143. The van der Waals surface area contributed by atoms with Crippen LogP contribution in [0.25, 0.3) is 0 Å². The second-order valence-corrected chi connectivity index (χ2v) is 7.12. The monoisotopic (exact) mass is 384 g/mol. The molecule has 2 aromatic carbocycles. The van der Waals surface area contributed by atoms with Gasteiger partial charge in [0.15, 0.2) is 23.5 Å². The van der Waals surface area contributed by atoms with Crippen LogP contribution < -0.4 is 0 Å². The molecule has 6 nitrogen and oxygen atoms in total. The van der Waals surface area contributed by atoms with E-state index in [4.69, 9.17) is 9.47 Å². The average molecular weight is 384 g/mol. The summed E-state index contributed by atoms with van der Waals surface area (Å²) in [6.07, 6.45) is -4.27. The third-order valence-corrected chi connectivity index (χ3v) is 5.26. The molecule has 4 atom stereocenters. The summed E-state index contributed by atoms with van der Waals surface area (Å²) in [6.45, 7) is 3.50. The van der Waals surface area contributed by atoms with Gasteiger partial charge in [-0.05, 0) is 25.0 Å². The number of carbonyl (C=O) groups is 2. The zero-order valence-electron chi connectivity index (χ0n) is 16.1. The first-order chi connectivity index (χ1) is 13.3. The van der Waals surface area contributed by atoms with Crippen LogP contribution >= 0.6 is 0 Å². The standard InChI is InChI=1S/C22H24O6/c1-13-8-4-6-10-15(13)18(23)19(24)21-22(26,12-17(27-3)28-21)20(25)16-11-7-5-9-14(16)2/h4-11,17,19,21,24,26H,12H2,1-3H3/t17?,19?,21-,22-/m0/s1. The molecule has 6 heteroatoms. The topological polar surface area (TPSA) is 93.1 Å². The lowest BCUT2D eigenvalue weighted by atomic mass is 9.81. The highest BCUT2D eigenvalue weighted by atomic mass is 16.7. The lowest BCUT2D eigenvalue weighted by Gasteiger charge is -2.30. The number of ether oxygens (including phenoxy) is 2. The molecule has 3 rings (SSSR count). The van der Waals surface area contributed by atoms with Gasteiger partial charge in [0.1, 0.15) is 12.2 Å². The minimum absolute atomic E-state index is 0.181. The van der Waals surface area contributed by atoms with E-state index in [1.165, 1.54) is 7.11 Å². The quantitative estimate of drug-likeness (QED) is 0.742. The number of methoxy groups -OCH3 is 1. The second-order valence-electron chi connectivity index (χ2n) is 7.12. The molecule has 2 unspecified atom stereocenters. The van der Waals surface area contributed by atoms with Gasteiger partial charge in [-0.15, -0.1) is 0 Å². The lowest BCUT2D eigenvalue weighted by Crippen LogP contribution is -2.54. The molecule has 1 heterocycles.